The molecule has 0 aliphatic carbocycles. The topological polar surface area (TPSA) is 63.4 Å². The number of nitrogens with zero attached hydrogens (tertiary/aromatic N) is 3. The minimum absolute atomic E-state index is 0.416. The van der Waals surface area contributed by atoms with E-state index in [0.29, 0.717) is 30.5 Å². The fourth-order valence-corrected chi connectivity index (χ4v) is 2.43. The summed E-state index contributed by atoms with van der Waals surface area (Å²) in [5.41, 5.74) is 0.416. The van der Waals surface area contributed by atoms with E-state index in [1.165, 1.54) is 12.8 Å². The Morgan fingerprint density at radius 2 is 2.15 bits per heavy atom. The molecule has 1 saturated heterocycles. The van der Waals surface area contributed by atoms with Crippen molar-refractivity contribution < 1.29 is 9.15 Å². The lowest BCUT2D eigenvalue weighted by Gasteiger charge is -2.22. The van der Waals surface area contributed by atoms with Crippen molar-refractivity contribution in [2.75, 3.05) is 38.3 Å². The first kappa shape index (κ1) is 15.3. The van der Waals surface area contributed by atoms with Gasteiger partial charge in [-0.05, 0) is 24.7 Å². The number of methoxy groups -OCH3 is 1. The van der Waals surface area contributed by atoms with Gasteiger partial charge in [0.15, 0.2) is 0 Å². The fourth-order valence-electron chi connectivity index (χ4n) is 2.43. The molecule has 1 aromatic rings. The molecular formula is C14H26N4O2. The van der Waals surface area contributed by atoms with Crippen molar-refractivity contribution in [2.24, 2.45) is 5.41 Å². The Labute approximate surface area is 120 Å². The van der Waals surface area contributed by atoms with Crippen molar-refractivity contribution in [3.63, 3.8) is 0 Å². The Morgan fingerprint density at radius 1 is 1.30 bits per heavy atom. The molecule has 1 N–H and O–H groups in total. The first-order valence-electron chi connectivity index (χ1n) is 7.38. The molecule has 0 unspecified atom stereocenters. The molecule has 1 aliphatic rings. The lowest BCUT2D eigenvalue weighted by Crippen LogP contribution is -2.25. The number of rotatable bonds is 6. The average molecular weight is 282 g/mol. The summed E-state index contributed by atoms with van der Waals surface area (Å²) >= 11 is 0. The van der Waals surface area contributed by atoms with Gasteiger partial charge in [0.25, 0.3) is 0 Å². The third kappa shape index (κ3) is 4.45. The summed E-state index contributed by atoms with van der Waals surface area (Å²) in [6.45, 7) is 8.71. The van der Waals surface area contributed by atoms with Crippen molar-refractivity contribution in [3.05, 3.63) is 5.89 Å². The number of aromatic nitrogens is 2. The Balaban J connectivity index is 1.85. The highest BCUT2D eigenvalue weighted by Crippen LogP contribution is 2.31. The summed E-state index contributed by atoms with van der Waals surface area (Å²) in [6, 6.07) is 0.659. The maximum atomic E-state index is 5.73. The van der Waals surface area contributed by atoms with E-state index in [1.54, 1.807) is 7.11 Å². The predicted molar refractivity (Wildman–Crippen MR) is 77.7 cm³/mol. The van der Waals surface area contributed by atoms with Crippen LogP contribution in [0.4, 0.5) is 6.01 Å². The van der Waals surface area contributed by atoms with Crippen LogP contribution in [0.5, 0.6) is 0 Å². The molecule has 1 aliphatic heterocycles. The van der Waals surface area contributed by atoms with Gasteiger partial charge in [-0.1, -0.05) is 18.9 Å². The summed E-state index contributed by atoms with van der Waals surface area (Å²) in [7, 11) is 1.69. The zero-order valence-electron chi connectivity index (χ0n) is 12.8. The highest BCUT2D eigenvalue weighted by Gasteiger charge is 2.25. The third-order valence-electron chi connectivity index (χ3n) is 3.83. The first-order valence-corrected chi connectivity index (χ1v) is 7.38. The van der Waals surface area contributed by atoms with E-state index < -0.39 is 0 Å². The van der Waals surface area contributed by atoms with Gasteiger partial charge in [0.1, 0.15) is 0 Å². The molecule has 2 heterocycles. The van der Waals surface area contributed by atoms with Crippen LogP contribution in [0.3, 0.4) is 0 Å². The van der Waals surface area contributed by atoms with Gasteiger partial charge in [-0.25, -0.2) is 0 Å². The van der Waals surface area contributed by atoms with E-state index in [0.717, 1.165) is 26.1 Å². The normalized spacial score (nSPS) is 19.1. The van der Waals surface area contributed by atoms with Gasteiger partial charge < -0.3 is 19.4 Å². The Hall–Kier alpha value is -1.14. The van der Waals surface area contributed by atoms with Gasteiger partial charge in [0, 0.05) is 26.7 Å². The van der Waals surface area contributed by atoms with E-state index in [4.69, 9.17) is 9.15 Å². The van der Waals surface area contributed by atoms with Crippen LogP contribution < -0.4 is 10.2 Å². The smallest absolute Gasteiger partial charge is 0.318 e. The second kappa shape index (κ2) is 7.04. The zero-order chi connectivity index (χ0) is 14.4. The maximum absolute atomic E-state index is 5.73. The number of nitrogens with one attached hydrogen (secondary N) is 1. The number of ether oxygens (including phenoxy) is 1. The second-order valence-electron chi connectivity index (χ2n) is 6.15. The lowest BCUT2D eigenvalue weighted by atomic mass is 9.85. The molecule has 0 atom stereocenters. The zero-order valence-corrected chi connectivity index (χ0v) is 12.8. The van der Waals surface area contributed by atoms with Gasteiger partial charge >= 0.3 is 6.01 Å². The monoisotopic (exact) mass is 282 g/mol. The molecule has 2 rings (SSSR count). The average Bonchev–Trinajstić information content (AvgIpc) is 2.79. The summed E-state index contributed by atoms with van der Waals surface area (Å²) in [5.74, 6) is 0.639. The summed E-state index contributed by atoms with van der Waals surface area (Å²) < 4.78 is 10.7. The van der Waals surface area contributed by atoms with Gasteiger partial charge in [-0.3, -0.25) is 0 Å². The SMILES string of the molecule is COCCNCc1nnc(N2CCCC(C)(C)CC2)o1. The highest BCUT2D eigenvalue weighted by atomic mass is 16.5. The fraction of sp³-hybridized carbons (Fsp3) is 0.857. The van der Waals surface area contributed by atoms with Crippen molar-refractivity contribution in [1.29, 1.82) is 0 Å². The predicted octanol–water partition coefficient (Wildman–Crippen LogP) is 1.82. The number of hydrogen-bond acceptors (Lipinski definition) is 6. The van der Waals surface area contributed by atoms with Crippen LogP contribution in [0, 0.1) is 5.41 Å². The van der Waals surface area contributed by atoms with Crippen LogP contribution in [0.1, 0.15) is 39.0 Å². The molecule has 0 spiro atoms. The van der Waals surface area contributed by atoms with Crippen molar-refractivity contribution in [2.45, 2.75) is 39.7 Å². The van der Waals surface area contributed by atoms with Gasteiger partial charge in [0.2, 0.25) is 5.89 Å². The largest absolute Gasteiger partial charge is 0.407 e. The Bertz CT molecular complexity index is 406. The minimum atomic E-state index is 0.416. The van der Waals surface area contributed by atoms with E-state index in [9.17, 15) is 0 Å². The molecule has 0 aromatic carbocycles. The molecule has 1 fully saturated rings. The van der Waals surface area contributed by atoms with Crippen molar-refractivity contribution in [3.8, 4) is 0 Å². The van der Waals surface area contributed by atoms with E-state index in [2.05, 4.69) is 34.3 Å². The molecule has 0 saturated carbocycles. The van der Waals surface area contributed by atoms with Gasteiger partial charge in [-0.15, -0.1) is 5.10 Å². The van der Waals surface area contributed by atoms with Crippen LogP contribution in [0.25, 0.3) is 0 Å². The number of hydrogen-bond donors (Lipinski definition) is 1. The molecule has 0 bridgehead atoms. The molecule has 20 heavy (non-hydrogen) atoms. The van der Waals surface area contributed by atoms with Crippen LogP contribution in [-0.2, 0) is 11.3 Å². The van der Waals surface area contributed by atoms with Crippen molar-refractivity contribution >= 4 is 6.01 Å². The second-order valence-corrected chi connectivity index (χ2v) is 6.15. The van der Waals surface area contributed by atoms with E-state index in [1.807, 2.05) is 0 Å². The van der Waals surface area contributed by atoms with Crippen molar-refractivity contribution in [1.82, 2.24) is 15.5 Å². The van der Waals surface area contributed by atoms with Crippen LogP contribution in [-0.4, -0.2) is 43.5 Å². The first-order chi connectivity index (χ1) is 9.61. The standard InChI is InChI=1S/C14H26N4O2/c1-14(2)5-4-8-18(9-6-14)13-17-16-12(20-13)11-15-7-10-19-3/h15H,4-11H2,1-3H3. The Morgan fingerprint density at radius 3 is 2.95 bits per heavy atom. The lowest BCUT2D eigenvalue weighted by molar-refractivity contribution is 0.198. The number of anilines is 1. The third-order valence-corrected chi connectivity index (χ3v) is 3.83. The summed E-state index contributed by atoms with van der Waals surface area (Å²) in [4.78, 5) is 2.21. The van der Waals surface area contributed by atoms with E-state index in [-0.39, 0.29) is 0 Å². The van der Waals surface area contributed by atoms with Crippen LogP contribution >= 0.6 is 0 Å². The molecular weight excluding hydrogens is 256 g/mol. The molecule has 6 heteroatoms. The van der Waals surface area contributed by atoms with Crippen LogP contribution in [0.2, 0.25) is 0 Å². The Kier molecular flexibility index (Phi) is 5.37. The molecule has 114 valence electrons. The molecule has 0 amide bonds. The van der Waals surface area contributed by atoms with Gasteiger partial charge in [0.05, 0.1) is 13.2 Å². The molecule has 1 aromatic heterocycles. The molecule has 0 radical (unpaired) electrons. The quantitative estimate of drug-likeness (QED) is 0.803. The van der Waals surface area contributed by atoms with E-state index >= 15 is 0 Å². The minimum Gasteiger partial charge on any atom is -0.407 e. The molecule has 6 nitrogen and oxygen atoms in total. The summed E-state index contributed by atoms with van der Waals surface area (Å²) in [5, 5.41) is 11.5. The summed E-state index contributed by atoms with van der Waals surface area (Å²) in [6.07, 6.45) is 3.59. The van der Waals surface area contributed by atoms with Crippen LogP contribution in [0.15, 0.2) is 4.42 Å². The highest BCUT2D eigenvalue weighted by molar-refractivity contribution is 5.24. The maximum Gasteiger partial charge on any atom is 0.318 e. The van der Waals surface area contributed by atoms with Gasteiger partial charge in [-0.2, -0.15) is 0 Å².